The molecule has 0 aliphatic heterocycles. The van der Waals surface area contributed by atoms with Crippen LogP contribution in [-0.2, 0) is 18.3 Å². The van der Waals surface area contributed by atoms with Crippen molar-refractivity contribution in [2.75, 3.05) is 6.61 Å². The number of urea groups is 1. The second kappa shape index (κ2) is 6.91. The summed E-state index contributed by atoms with van der Waals surface area (Å²) in [5.41, 5.74) is 0.162. The van der Waals surface area contributed by atoms with Gasteiger partial charge < -0.3 is 19.9 Å². The summed E-state index contributed by atoms with van der Waals surface area (Å²) < 4.78 is 7.85. The number of aromatic nitrogens is 2. The summed E-state index contributed by atoms with van der Waals surface area (Å²) in [5.74, 6) is 0.855. The highest BCUT2D eigenvalue weighted by Crippen LogP contribution is 2.53. The minimum Gasteiger partial charge on any atom is -0.378 e. The lowest BCUT2D eigenvalue weighted by Crippen LogP contribution is -2.66. The molecule has 2 N–H and O–H groups in total. The van der Waals surface area contributed by atoms with Crippen molar-refractivity contribution < 1.29 is 9.53 Å². The molecular weight excluding hydrogens is 292 g/mol. The average molecular weight is 320 g/mol. The second-order valence-corrected chi connectivity index (χ2v) is 6.81. The molecule has 1 spiro atoms. The van der Waals surface area contributed by atoms with Gasteiger partial charge in [-0.05, 0) is 26.2 Å². The molecule has 2 aliphatic carbocycles. The first-order chi connectivity index (χ1) is 11.2. The highest BCUT2D eigenvalue weighted by molar-refractivity contribution is 5.74. The third-order valence-electron chi connectivity index (χ3n) is 5.57. The van der Waals surface area contributed by atoms with Gasteiger partial charge in [0.15, 0.2) is 0 Å². The molecule has 2 amide bonds. The number of imidazole rings is 1. The molecule has 23 heavy (non-hydrogen) atoms. The van der Waals surface area contributed by atoms with E-state index in [4.69, 9.17) is 4.74 Å². The Hall–Kier alpha value is -1.56. The predicted molar refractivity (Wildman–Crippen MR) is 87.9 cm³/mol. The highest BCUT2D eigenvalue weighted by atomic mass is 16.5. The first-order valence-corrected chi connectivity index (χ1v) is 8.78. The SMILES string of the molecule is CCO[C@H]1C[C@H](NC(=O)NCc2nccn2C)C12CCCCC2. The van der Waals surface area contributed by atoms with Crippen LogP contribution in [0.4, 0.5) is 4.79 Å². The summed E-state index contributed by atoms with van der Waals surface area (Å²) in [7, 11) is 1.93. The number of rotatable bonds is 5. The summed E-state index contributed by atoms with van der Waals surface area (Å²) in [4.78, 5) is 16.5. The first kappa shape index (κ1) is 16.3. The van der Waals surface area contributed by atoms with Crippen molar-refractivity contribution in [1.29, 1.82) is 0 Å². The summed E-state index contributed by atoms with van der Waals surface area (Å²) in [6, 6.07) is 0.138. The van der Waals surface area contributed by atoms with Crippen LogP contribution in [0.3, 0.4) is 0 Å². The molecule has 0 saturated heterocycles. The minimum absolute atomic E-state index is 0.0992. The molecule has 3 rings (SSSR count). The number of hydrogen-bond acceptors (Lipinski definition) is 3. The zero-order valence-electron chi connectivity index (χ0n) is 14.2. The summed E-state index contributed by atoms with van der Waals surface area (Å²) in [6.45, 7) is 3.26. The van der Waals surface area contributed by atoms with E-state index in [0.717, 1.165) is 18.9 Å². The van der Waals surface area contributed by atoms with E-state index in [1.165, 1.54) is 32.1 Å². The molecule has 6 nitrogen and oxygen atoms in total. The van der Waals surface area contributed by atoms with Gasteiger partial charge in [-0.15, -0.1) is 0 Å². The van der Waals surface area contributed by atoms with Gasteiger partial charge in [0.25, 0.3) is 0 Å². The molecular formula is C17H28N4O2. The number of carbonyl (C=O) groups is 1. The van der Waals surface area contributed by atoms with Crippen LogP contribution in [0.5, 0.6) is 0 Å². The Kier molecular flexibility index (Phi) is 4.90. The normalized spacial score (nSPS) is 25.8. The van der Waals surface area contributed by atoms with Crippen LogP contribution in [0, 0.1) is 5.41 Å². The first-order valence-electron chi connectivity index (χ1n) is 8.78. The number of hydrogen-bond donors (Lipinski definition) is 2. The van der Waals surface area contributed by atoms with Crippen molar-refractivity contribution in [2.45, 2.75) is 64.1 Å². The predicted octanol–water partition coefficient (Wildman–Crippen LogP) is 2.35. The molecule has 1 aromatic rings. The van der Waals surface area contributed by atoms with Crippen molar-refractivity contribution in [3.8, 4) is 0 Å². The fourth-order valence-electron chi connectivity index (χ4n) is 4.20. The smallest absolute Gasteiger partial charge is 0.315 e. The molecule has 2 fully saturated rings. The Labute approximate surface area is 138 Å². The highest BCUT2D eigenvalue weighted by Gasteiger charge is 2.56. The van der Waals surface area contributed by atoms with Crippen LogP contribution in [0.15, 0.2) is 12.4 Å². The second-order valence-electron chi connectivity index (χ2n) is 6.81. The number of aryl methyl sites for hydroxylation is 1. The monoisotopic (exact) mass is 320 g/mol. The van der Waals surface area contributed by atoms with Crippen molar-refractivity contribution in [2.24, 2.45) is 12.5 Å². The van der Waals surface area contributed by atoms with Gasteiger partial charge in [0.1, 0.15) is 5.82 Å². The fourth-order valence-corrected chi connectivity index (χ4v) is 4.20. The van der Waals surface area contributed by atoms with Gasteiger partial charge in [-0.3, -0.25) is 0 Å². The van der Waals surface area contributed by atoms with Crippen LogP contribution >= 0.6 is 0 Å². The largest absolute Gasteiger partial charge is 0.378 e. The zero-order chi connectivity index (χ0) is 16.3. The van der Waals surface area contributed by atoms with E-state index >= 15 is 0 Å². The quantitative estimate of drug-likeness (QED) is 0.875. The number of carbonyl (C=O) groups excluding carboxylic acids is 1. The van der Waals surface area contributed by atoms with Gasteiger partial charge in [0.2, 0.25) is 0 Å². The third-order valence-corrected chi connectivity index (χ3v) is 5.57. The van der Waals surface area contributed by atoms with Gasteiger partial charge in [0.05, 0.1) is 12.6 Å². The standard InChI is InChI=1S/C17H28N4O2/c1-3-23-14-11-13(17(14)7-5-4-6-8-17)20-16(22)19-12-15-18-9-10-21(15)2/h9-10,13-14H,3-8,11-12H2,1-2H3,(H2,19,20,22)/t13-,14-/m0/s1. The maximum Gasteiger partial charge on any atom is 0.315 e. The van der Waals surface area contributed by atoms with E-state index in [0.29, 0.717) is 12.6 Å². The number of ether oxygens (including phenoxy) is 1. The topological polar surface area (TPSA) is 68.2 Å². The van der Waals surface area contributed by atoms with Gasteiger partial charge in [0, 0.05) is 37.5 Å². The summed E-state index contributed by atoms with van der Waals surface area (Å²) in [6.07, 6.45) is 11.0. The number of nitrogens with zero attached hydrogens (tertiary/aromatic N) is 2. The summed E-state index contributed by atoms with van der Waals surface area (Å²) >= 11 is 0. The molecule has 2 atom stereocenters. The Morgan fingerprint density at radius 3 is 2.87 bits per heavy atom. The maximum atomic E-state index is 12.2. The average Bonchev–Trinajstić information content (AvgIpc) is 2.98. The number of amides is 2. The maximum absolute atomic E-state index is 12.2. The van der Waals surface area contributed by atoms with Gasteiger partial charge in [-0.1, -0.05) is 19.3 Å². The van der Waals surface area contributed by atoms with Crippen molar-refractivity contribution >= 4 is 6.03 Å². The van der Waals surface area contributed by atoms with E-state index < -0.39 is 0 Å². The van der Waals surface area contributed by atoms with Crippen molar-refractivity contribution in [3.05, 3.63) is 18.2 Å². The Balaban J connectivity index is 1.54. The molecule has 1 aromatic heterocycles. The lowest BCUT2D eigenvalue weighted by molar-refractivity contribution is -0.146. The lowest BCUT2D eigenvalue weighted by Gasteiger charge is -2.57. The molecule has 0 aromatic carbocycles. The molecule has 6 heteroatoms. The van der Waals surface area contributed by atoms with Crippen molar-refractivity contribution in [1.82, 2.24) is 20.2 Å². The fraction of sp³-hybridized carbons (Fsp3) is 0.765. The molecule has 2 aliphatic rings. The van der Waals surface area contributed by atoms with Crippen LogP contribution < -0.4 is 10.6 Å². The molecule has 0 radical (unpaired) electrons. The van der Waals surface area contributed by atoms with Crippen LogP contribution in [0.1, 0.15) is 51.3 Å². The molecule has 1 heterocycles. The van der Waals surface area contributed by atoms with E-state index in [9.17, 15) is 4.79 Å². The summed E-state index contributed by atoms with van der Waals surface area (Å²) in [5, 5.41) is 6.10. The Morgan fingerprint density at radius 1 is 1.43 bits per heavy atom. The minimum atomic E-state index is -0.0992. The van der Waals surface area contributed by atoms with Gasteiger partial charge in [-0.2, -0.15) is 0 Å². The van der Waals surface area contributed by atoms with Gasteiger partial charge in [-0.25, -0.2) is 9.78 Å². The van der Waals surface area contributed by atoms with E-state index in [1.54, 1.807) is 6.20 Å². The molecule has 0 bridgehead atoms. The van der Waals surface area contributed by atoms with E-state index in [2.05, 4.69) is 22.5 Å². The molecule has 128 valence electrons. The Bertz CT molecular complexity index is 536. The van der Waals surface area contributed by atoms with Crippen LogP contribution in [0.25, 0.3) is 0 Å². The molecule has 2 saturated carbocycles. The lowest BCUT2D eigenvalue weighted by atomic mass is 9.55. The van der Waals surface area contributed by atoms with E-state index in [-0.39, 0.29) is 17.5 Å². The zero-order valence-corrected chi connectivity index (χ0v) is 14.2. The van der Waals surface area contributed by atoms with Crippen LogP contribution in [0.2, 0.25) is 0 Å². The van der Waals surface area contributed by atoms with Crippen LogP contribution in [-0.4, -0.2) is 34.3 Å². The molecule has 0 unspecified atom stereocenters. The van der Waals surface area contributed by atoms with Gasteiger partial charge >= 0.3 is 6.03 Å². The number of nitrogens with one attached hydrogen (secondary N) is 2. The Morgan fingerprint density at radius 2 is 2.22 bits per heavy atom. The van der Waals surface area contributed by atoms with Crippen molar-refractivity contribution in [3.63, 3.8) is 0 Å². The third kappa shape index (κ3) is 3.22. The van der Waals surface area contributed by atoms with E-state index in [1.807, 2.05) is 17.8 Å².